The number of hydrogen-bond donors (Lipinski definition) is 3. The second-order valence-corrected chi connectivity index (χ2v) is 9.59. The number of nitrogens with two attached hydrogens (primary N) is 1. The smallest absolute Gasteiger partial charge is 0.222 e. The SMILES string of the molecule is COc1cc(N)c(C=N)cc1Nc1ncnc2sc3c(c12)CCN(C(=O)CCCSC)C3. The molecule has 0 aliphatic carbocycles. The molecule has 3 aromatic rings. The van der Waals surface area contributed by atoms with Gasteiger partial charge in [0.1, 0.15) is 22.7 Å². The summed E-state index contributed by atoms with van der Waals surface area (Å²) < 4.78 is 5.48. The lowest BCUT2D eigenvalue weighted by molar-refractivity contribution is -0.132. The molecule has 4 rings (SSSR count). The van der Waals surface area contributed by atoms with Gasteiger partial charge in [-0.2, -0.15) is 11.8 Å². The molecule has 0 fully saturated rings. The molecule has 10 heteroatoms. The Labute approximate surface area is 195 Å². The Hall–Kier alpha value is -2.85. The van der Waals surface area contributed by atoms with Crippen LogP contribution in [-0.2, 0) is 17.8 Å². The molecular formula is C22H26N6O2S2. The summed E-state index contributed by atoms with van der Waals surface area (Å²) in [4.78, 5) is 25.6. The average Bonchev–Trinajstić information content (AvgIpc) is 3.18. The number of methoxy groups -OCH3 is 1. The van der Waals surface area contributed by atoms with E-state index in [1.165, 1.54) is 11.8 Å². The van der Waals surface area contributed by atoms with E-state index in [1.807, 2.05) is 4.90 Å². The molecule has 32 heavy (non-hydrogen) atoms. The molecule has 4 N–H and O–H groups in total. The number of benzene rings is 1. The highest BCUT2D eigenvalue weighted by Crippen LogP contribution is 2.39. The van der Waals surface area contributed by atoms with Crippen LogP contribution in [0.25, 0.3) is 10.2 Å². The van der Waals surface area contributed by atoms with Crippen LogP contribution in [0.5, 0.6) is 5.75 Å². The van der Waals surface area contributed by atoms with Crippen LogP contribution in [-0.4, -0.2) is 52.7 Å². The number of thioether (sulfide) groups is 1. The molecule has 0 atom stereocenters. The lowest BCUT2D eigenvalue weighted by atomic mass is 10.0. The molecule has 0 spiro atoms. The molecule has 0 saturated carbocycles. The average molecular weight is 471 g/mol. The summed E-state index contributed by atoms with van der Waals surface area (Å²) in [6, 6.07) is 3.48. The van der Waals surface area contributed by atoms with Crippen molar-refractivity contribution in [1.82, 2.24) is 14.9 Å². The number of aromatic nitrogens is 2. The zero-order chi connectivity index (χ0) is 22.7. The minimum atomic E-state index is 0.220. The number of carbonyl (C=O) groups is 1. The number of fused-ring (bicyclic) bond motifs is 3. The standard InChI is InChI=1S/C22H26N6O2S2/c1-30-17-9-15(24)13(10-23)8-16(17)27-21-20-14-5-6-28(19(29)4-3-7-31-2)11-18(14)32-22(20)26-12-25-21/h8-10,12,23H,3-7,11,24H2,1-2H3,(H,25,26,27). The third kappa shape index (κ3) is 4.37. The number of hydrogen-bond acceptors (Lipinski definition) is 9. The van der Waals surface area contributed by atoms with Gasteiger partial charge < -0.3 is 26.1 Å². The molecule has 1 aliphatic rings. The zero-order valence-electron chi connectivity index (χ0n) is 18.1. The topological polar surface area (TPSA) is 117 Å². The number of nitrogen functional groups attached to an aromatic ring is 1. The maximum atomic E-state index is 12.6. The summed E-state index contributed by atoms with van der Waals surface area (Å²) in [7, 11) is 1.58. The second kappa shape index (κ2) is 9.74. The molecule has 0 bridgehead atoms. The number of thiophene rings is 1. The van der Waals surface area contributed by atoms with Crippen LogP contribution in [0.4, 0.5) is 17.2 Å². The number of nitrogens with one attached hydrogen (secondary N) is 2. The van der Waals surface area contributed by atoms with Crippen molar-refractivity contribution in [2.75, 3.05) is 36.7 Å². The van der Waals surface area contributed by atoms with Gasteiger partial charge in [-0.15, -0.1) is 11.3 Å². The lowest BCUT2D eigenvalue weighted by Gasteiger charge is -2.27. The van der Waals surface area contributed by atoms with Crippen molar-refractivity contribution in [2.24, 2.45) is 0 Å². The maximum Gasteiger partial charge on any atom is 0.222 e. The van der Waals surface area contributed by atoms with Crippen molar-refractivity contribution >= 4 is 62.6 Å². The summed E-state index contributed by atoms with van der Waals surface area (Å²) in [5, 5.41) is 11.9. The number of ether oxygens (including phenoxy) is 1. The van der Waals surface area contributed by atoms with Crippen LogP contribution in [0.15, 0.2) is 18.5 Å². The molecule has 0 saturated heterocycles. The first kappa shape index (κ1) is 22.3. The minimum absolute atomic E-state index is 0.220. The van der Waals surface area contributed by atoms with Crippen molar-refractivity contribution in [3.05, 3.63) is 34.5 Å². The fourth-order valence-electron chi connectivity index (χ4n) is 3.89. The quantitative estimate of drug-likeness (QED) is 0.258. The van der Waals surface area contributed by atoms with Crippen LogP contribution in [0.3, 0.4) is 0 Å². The van der Waals surface area contributed by atoms with E-state index >= 15 is 0 Å². The van der Waals surface area contributed by atoms with Crippen molar-refractivity contribution in [3.8, 4) is 5.75 Å². The first-order valence-corrected chi connectivity index (χ1v) is 12.5. The van der Waals surface area contributed by atoms with E-state index in [4.69, 9.17) is 15.9 Å². The Balaban J connectivity index is 1.64. The van der Waals surface area contributed by atoms with Gasteiger partial charge in [-0.05, 0) is 36.5 Å². The molecule has 0 unspecified atom stereocenters. The summed E-state index contributed by atoms with van der Waals surface area (Å²) in [5.41, 5.74) is 8.95. The number of amides is 1. The van der Waals surface area contributed by atoms with Gasteiger partial charge in [0, 0.05) is 41.4 Å². The Morgan fingerprint density at radius 1 is 1.44 bits per heavy atom. The van der Waals surface area contributed by atoms with Crippen molar-refractivity contribution in [3.63, 3.8) is 0 Å². The highest BCUT2D eigenvalue weighted by atomic mass is 32.2. The summed E-state index contributed by atoms with van der Waals surface area (Å²) >= 11 is 3.39. The monoisotopic (exact) mass is 470 g/mol. The molecule has 8 nitrogen and oxygen atoms in total. The highest BCUT2D eigenvalue weighted by Gasteiger charge is 2.26. The Morgan fingerprint density at radius 3 is 3.03 bits per heavy atom. The number of rotatable bonds is 8. The molecule has 3 heterocycles. The predicted octanol–water partition coefficient (Wildman–Crippen LogP) is 4.05. The fourth-order valence-corrected chi connectivity index (χ4v) is 5.53. The Kier molecular flexibility index (Phi) is 6.80. The van der Waals surface area contributed by atoms with E-state index in [1.54, 1.807) is 48.7 Å². The molecule has 168 valence electrons. The molecule has 2 aromatic heterocycles. The van der Waals surface area contributed by atoms with E-state index in [9.17, 15) is 4.79 Å². The summed E-state index contributed by atoms with van der Waals surface area (Å²) in [5.74, 6) is 2.49. The van der Waals surface area contributed by atoms with E-state index in [0.29, 0.717) is 48.0 Å². The third-order valence-corrected chi connectivity index (χ3v) is 7.36. The van der Waals surface area contributed by atoms with E-state index in [2.05, 4.69) is 21.5 Å². The van der Waals surface area contributed by atoms with Gasteiger partial charge in [0.2, 0.25) is 5.91 Å². The van der Waals surface area contributed by atoms with E-state index in [-0.39, 0.29) is 5.91 Å². The number of nitrogens with zero attached hydrogens (tertiary/aromatic N) is 3. The molecule has 0 radical (unpaired) electrons. The van der Waals surface area contributed by atoms with Gasteiger partial charge in [-0.1, -0.05) is 0 Å². The summed E-state index contributed by atoms with van der Waals surface area (Å²) in [6.45, 7) is 1.32. The maximum absolute atomic E-state index is 12.6. The third-order valence-electron chi connectivity index (χ3n) is 5.54. The van der Waals surface area contributed by atoms with Gasteiger partial charge >= 0.3 is 0 Å². The first-order valence-electron chi connectivity index (χ1n) is 10.3. The van der Waals surface area contributed by atoms with Crippen molar-refractivity contribution < 1.29 is 9.53 Å². The largest absolute Gasteiger partial charge is 0.494 e. The van der Waals surface area contributed by atoms with Crippen LogP contribution in [0, 0.1) is 5.41 Å². The fraction of sp³-hybridized carbons (Fsp3) is 0.364. The van der Waals surface area contributed by atoms with Crippen LogP contribution in [0.2, 0.25) is 0 Å². The normalized spacial score (nSPS) is 13.1. The van der Waals surface area contributed by atoms with Crippen LogP contribution in [0.1, 0.15) is 28.8 Å². The predicted molar refractivity (Wildman–Crippen MR) is 133 cm³/mol. The van der Waals surface area contributed by atoms with E-state index < -0.39 is 0 Å². The zero-order valence-corrected chi connectivity index (χ0v) is 19.7. The highest BCUT2D eigenvalue weighted by molar-refractivity contribution is 7.98. The van der Waals surface area contributed by atoms with Crippen LogP contribution < -0.4 is 15.8 Å². The van der Waals surface area contributed by atoms with Gasteiger partial charge in [-0.25, -0.2) is 9.97 Å². The van der Waals surface area contributed by atoms with Crippen molar-refractivity contribution in [1.29, 1.82) is 5.41 Å². The summed E-state index contributed by atoms with van der Waals surface area (Å²) in [6.07, 6.45) is 7.10. The minimum Gasteiger partial charge on any atom is -0.494 e. The van der Waals surface area contributed by atoms with Gasteiger partial charge in [0.25, 0.3) is 0 Å². The van der Waals surface area contributed by atoms with Gasteiger partial charge in [0.15, 0.2) is 0 Å². The second-order valence-electron chi connectivity index (χ2n) is 7.52. The first-order chi connectivity index (χ1) is 15.5. The number of anilines is 3. The molecular weight excluding hydrogens is 444 g/mol. The van der Waals surface area contributed by atoms with Crippen molar-refractivity contribution in [2.45, 2.75) is 25.8 Å². The molecule has 1 aliphatic heterocycles. The lowest BCUT2D eigenvalue weighted by Crippen LogP contribution is -2.35. The van der Waals surface area contributed by atoms with Gasteiger partial charge in [-0.3, -0.25) is 4.79 Å². The van der Waals surface area contributed by atoms with Gasteiger partial charge in [0.05, 0.1) is 24.7 Å². The Bertz CT molecular complexity index is 1160. The molecule has 1 amide bonds. The van der Waals surface area contributed by atoms with E-state index in [0.717, 1.165) is 33.7 Å². The molecule has 1 aromatic carbocycles. The number of carbonyl (C=O) groups excluding carboxylic acids is 1. The Morgan fingerprint density at radius 2 is 2.28 bits per heavy atom. The van der Waals surface area contributed by atoms with Crippen LogP contribution >= 0.6 is 23.1 Å².